The first kappa shape index (κ1) is 14.6. The van der Waals surface area contributed by atoms with E-state index in [1.807, 2.05) is 13.8 Å². The molecule has 0 spiro atoms. The molecule has 0 rings (SSSR count). The highest BCUT2D eigenvalue weighted by atomic mass is 19.4. The molecule has 16 heavy (non-hydrogen) atoms. The minimum Gasteiger partial charge on any atom is -0.385 e. The average Bonchev–Trinajstić information content (AvgIpc) is 2.16. The van der Waals surface area contributed by atoms with Gasteiger partial charge in [-0.3, -0.25) is 0 Å². The van der Waals surface area contributed by atoms with Crippen LogP contribution in [-0.4, -0.2) is 12.7 Å². The highest BCUT2D eigenvalue weighted by molar-refractivity contribution is 5.36. The second-order valence-electron chi connectivity index (χ2n) is 3.72. The van der Waals surface area contributed by atoms with E-state index in [1.165, 1.54) is 0 Å². The standard InChI is InChI=1S/C12H16F3N/c1-5-10(12(13,14)15)7-11(6-2)16-8-9(3)4/h1,6-7,9,16H,8H2,2-4H3/b10-7+,11-6+. The fourth-order valence-corrected chi connectivity index (χ4v) is 0.919. The molecule has 4 heteroatoms. The molecule has 0 fully saturated rings. The van der Waals surface area contributed by atoms with Crippen LogP contribution < -0.4 is 5.32 Å². The van der Waals surface area contributed by atoms with Gasteiger partial charge in [-0.1, -0.05) is 25.8 Å². The topological polar surface area (TPSA) is 12.0 Å². The molecule has 0 aromatic rings. The van der Waals surface area contributed by atoms with Crippen LogP contribution in [-0.2, 0) is 0 Å². The van der Waals surface area contributed by atoms with Crippen LogP contribution in [0, 0.1) is 18.3 Å². The summed E-state index contributed by atoms with van der Waals surface area (Å²) in [5.74, 6) is 2.00. The van der Waals surface area contributed by atoms with Crippen molar-refractivity contribution in [1.29, 1.82) is 0 Å². The van der Waals surface area contributed by atoms with Crippen LogP contribution >= 0.6 is 0 Å². The maximum atomic E-state index is 12.4. The normalized spacial score (nSPS) is 13.9. The second-order valence-corrected chi connectivity index (χ2v) is 3.72. The summed E-state index contributed by atoms with van der Waals surface area (Å²) in [5.41, 5.74) is -0.587. The molecule has 0 aliphatic heterocycles. The van der Waals surface area contributed by atoms with E-state index < -0.39 is 11.7 Å². The third kappa shape index (κ3) is 5.50. The second kappa shape index (κ2) is 6.26. The largest absolute Gasteiger partial charge is 0.424 e. The maximum Gasteiger partial charge on any atom is 0.424 e. The molecule has 0 aromatic carbocycles. The van der Waals surface area contributed by atoms with Crippen molar-refractivity contribution in [2.24, 2.45) is 5.92 Å². The molecular formula is C12H16F3N. The van der Waals surface area contributed by atoms with Crippen molar-refractivity contribution in [2.75, 3.05) is 6.54 Å². The first-order chi connectivity index (χ1) is 7.31. The molecule has 1 N–H and O–H groups in total. The van der Waals surface area contributed by atoms with Gasteiger partial charge in [0.15, 0.2) is 0 Å². The van der Waals surface area contributed by atoms with Crippen molar-refractivity contribution in [2.45, 2.75) is 26.9 Å². The Balaban J connectivity index is 4.76. The van der Waals surface area contributed by atoms with Crippen molar-refractivity contribution < 1.29 is 13.2 Å². The number of hydrogen-bond donors (Lipinski definition) is 1. The van der Waals surface area contributed by atoms with E-state index in [0.717, 1.165) is 6.08 Å². The molecule has 0 saturated carbocycles. The van der Waals surface area contributed by atoms with Crippen LogP contribution in [0.25, 0.3) is 0 Å². The average molecular weight is 231 g/mol. The number of allylic oxidation sites excluding steroid dienone is 3. The summed E-state index contributed by atoms with van der Waals surface area (Å²) in [5, 5.41) is 2.89. The number of alkyl halides is 3. The van der Waals surface area contributed by atoms with Gasteiger partial charge in [-0.2, -0.15) is 13.2 Å². The fraction of sp³-hybridized carbons (Fsp3) is 0.500. The van der Waals surface area contributed by atoms with Gasteiger partial charge in [0.1, 0.15) is 5.57 Å². The highest BCUT2D eigenvalue weighted by Gasteiger charge is 2.32. The van der Waals surface area contributed by atoms with Gasteiger partial charge in [0, 0.05) is 12.2 Å². The minimum atomic E-state index is -4.47. The van der Waals surface area contributed by atoms with E-state index in [9.17, 15) is 13.2 Å². The molecule has 0 saturated heterocycles. The number of nitrogens with one attached hydrogen (secondary N) is 1. The number of rotatable bonds is 4. The molecule has 0 unspecified atom stereocenters. The molecule has 90 valence electrons. The zero-order chi connectivity index (χ0) is 12.8. The highest BCUT2D eigenvalue weighted by Crippen LogP contribution is 2.25. The Morgan fingerprint density at radius 2 is 2.00 bits per heavy atom. The van der Waals surface area contributed by atoms with Crippen molar-refractivity contribution >= 4 is 0 Å². The molecule has 0 radical (unpaired) electrons. The monoisotopic (exact) mass is 231 g/mol. The molecule has 0 aromatic heterocycles. The van der Waals surface area contributed by atoms with Crippen molar-refractivity contribution in [3.63, 3.8) is 0 Å². The first-order valence-corrected chi connectivity index (χ1v) is 4.97. The Morgan fingerprint density at radius 1 is 1.44 bits per heavy atom. The Kier molecular flexibility index (Phi) is 5.73. The quantitative estimate of drug-likeness (QED) is 0.578. The van der Waals surface area contributed by atoms with Crippen molar-refractivity contribution in [3.05, 3.63) is 23.4 Å². The lowest BCUT2D eigenvalue weighted by Crippen LogP contribution is -2.19. The molecule has 0 heterocycles. The van der Waals surface area contributed by atoms with Gasteiger partial charge in [0.05, 0.1) is 0 Å². The van der Waals surface area contributed by atoms with Crippen LogP contribution in [0.3, 0.4) is 0 Å². The van der Waals surface area contributed by atoms with E-state index in [1.54, 1.807) is 18.9 Å². The summed E-state index contributed by atoms with van der Waals surface area (Å²) in [4.78, 5) is 0. The SMILES string of the molecule is C#C/C(=C\C(=C/C)NCC(C)C)C(F)(F)F. The number of hydrogen-bond acceptors (Lipinski definition) is 1. The van der Waals surface area contributed by atoms with Gasteiger partial charge >= 0.3 is 6.18 Å². The Labute approximate surface area is 94.4 Å². The molecule has 0 amide bonds. The van der Waals surface area contributed by atoms with Crippen LogP contribution in [0.5, 0.6) is 0 Å². The lowest BCUT2D eigenvalue weighted by Gasteiger charge is -2.11. The lowest BCUT2D eigenvalue weighted by molar-refractivity contribution is -0.0872. The van der Waals surface area contributed by atoms with E-state index in [0.29, 0.717) is 18.2 Å². The van der Waals surface area contributed by atoms with E-state index in [2.05, 4.69) is 5.32 Å². The van der Waals surface area contributed by atoms with Gasteiger partial charge in [-0.15, -0.1) is 6.42 Å². The van der Waals surface area contributed by atoms with E-state index >= 15 is 0 Å². The third-order valence-electron chi connectivity index (χ3n) is 1.79. The zero-order valence-electron chi connectivity index (χ0n) is 9.65. The summed E-state index contributed by atoms with van der Waals surface area (Å²) < 4.78 is 37.1. The molecule has 0 atom stereocenters. The predicted octanol–water partition coefficient (Wildman–Crippen LogP) is 3.26. The van der Waals surface area contributed by atoms with E-state index in [4.69, 9.17) is 6.42 Å². The third-order valence-corrected chi connectivity index (χ3v) is 1.79. The van der Waals surface area contributed by atoms with Crippen LogP contribution in [0.15, 0.2) is 23.4 Å². The number of terminal acetylenes is 1. The summed E-state index contributed by atoms with van der Waals surface area (Å²) in [6.07, 6.45) is 2.86. The Morgan fingerprint density at radius 3 is 2.31 bits per heavy atom. The van der Waals surface area contributed by atoms with Gasteiger partial charge in [-0.05, 0) is 18.9 Å². The molecule has 0 bridgehead atoms. The summed E-state index contributed by atoms with van der Waals surface area (Å²) in [6, 6.07) is 0. The van der Waals surface area contributed by atoms with Gasteiger partial charge in [-0.25, -0.2) is 0 Å². The summed E-state index contributed by atoms with van der Waals surface area (Å²) in [6.45, 7) is 6.20. The molecule has 0 aliphatic rings. The minimum absolute atomic E-state index is 0.350. The van der Waals surface area contributed by atoms with Crippen molar-refractivity contribution in [3.8, 4) is 12.3 Å². The van der Waals surface area contributed by atoms with Gasteiger partial charge < -0.3 is 5.32 Å². The maximum absolute atomic E-state index is 12.4. The van der Waals surface area contributed by atoms with Crippen LogP contribution in [0.2, 0.25) is 0 Å². The molecule has 1 nitrogen and oxygen atoms in total. The first-order valence-electron chi connectivity index (χ1n) is 4.97. The number of halogens is 3. The van der Waals surface area contributed by atoms with Gasteiger partial charge in [0.2, 0.25) is 0 Å². The van der Waals surface area contributed by atoms with Crippen molar-refractivity contribution in [1.82, 2.24) is 5.32 Å². The van der Waals surface area contributed by atoms with E-state index in [-0.39, 0.29) is 0 Å². The van der Waals surface area contributed by atoms with Crippen LogP contribution in [0.1, 0.15) is 20.8 Å². The fourth-order valence-electron chi connectivity index (χ4n) is 0.919. The Bertz CT molecular complexity index is 316. The lowest BCUT2D eigenvalue weighted by atomic mass is 10.2. The van der Waals surface area contributed by atoms with Crippen LogP contribution in [0.4, 0.5) is 13.2 Å². The smallest absolute Gasteiger partial charge is 0.385 e. The zero-order valence-corrected chi connectivity index (χ0v) is 9.65. The molecular weight excluding hydrogens is 215 g/mol. The summed E-state index contributed by atoms with van der Waals surface area (Å²) >= 11 is 0. The summed E-state index contributed by atoms with van der Waals surface area (Å²) in [7, 11) is 0. The predicted molar refractivity (Wildman–Crippen MR) is 59.6 cm³/mol. The molecule has 0 aliphatic carbocycles. The Hall–Kier alpha value is -1.37. The van der Waals surface area contributed by atoms with Gasteiger partial charge in [0.25, 0.3) is 0 Å².